The lowest BCUT2D eigenvalue weighted by Crippen LogP contribution is -2.01. The fourth-order valence-corrected chi connectivity index (χ4v) is 2.04. The van der Waals surface area contributed by atoms with Crippen molar-refractivity contribution >= 4 is 0 Å². The fraction of sp³-hybridized carbons (Fsp3) is 0.600. The first-order valence-corrected chi connectivity index (χ1v) is 8.40. The number of unbranched alkanes of at least 4 members (excludes halogenated alkanes) is 5. The summed E-state index contributed by atoms with van der Waals surface area (Å²) in [6.45, 7) is 2.16. The monoisotopic (exact) mass is 288 g/mol. The number of aliphatic hydroxyl groups is 1. The molecule has 0 amide bonds. The van der Waals surface area contributed by atoms with Crippen molar-refractivity contribution in [2.75, 3.05) is 0 Å². The van der Waals surface area contributed by atoms with E-state index in [2.05, 4.69) is 49.3 Å². The first-order valence-electron chi connectivity index (χ1n) is 8.40. The Hall–Kier alpha value is -1.26. The second-order valence-electron chi connectivity index (χ2n) is 5.32. The van der Waals surface area contributed by atoms with Crippen molar-refractivity contribution in [2.45, 2.75) is 77.2 Å². The zero-order chi connectivity index (χ0) is 15.6. The maximum atomic E-state index is 9.21. The van der Waals surface area contributed by atoms with Crippen molar-refractivity contribution < 1.29 is 5.11 Å². The van der Waals surface area contributed by atoms with E-state index in [0.29, 0.717) is 0 Å². The molecule has 118 valence electrons. The summed E-state index contributed by atoms with van der Waals surface area (Å²) in [7, 11) is 0. The van der Waals surface area contributed by atoms with Gasteiger partial charge >= 0.3 is 0 Å². The molecule has 0 heterocycles. The van der Waals surface area contributed by atoms with Crippen LogP contribution < -0.4 is 0 Å². The average Bonchev–Trinajstić information content (AvgIpc) is 2.50. The van der Waals surface area contributed by atoms with Gasteiger partial charge in [-0.3, -0.25) is 0 Å². The number of aliphatic hydroxyl groups excluding tert-OH is 1. The number of hydrogen-bond donors (Lipinski definition) is 1. The quantitative estimate of drug-likeness (QED) is 0.267. The molecule has 1 N–H and O–H groups in total. The smallest absolute Gasteiger partial charge is 0.114 e. The molecule has 0 aromatic rings. The van der Waals surface area contributed by atoms with Gasteiger partial charge in [-0.25, -0.2) is 0 Å². The van der Waals surface area contributed by atoms with Crippen LogP contribution in [0, 0.1) is 12.3 Å². The van der Waals surface area contributed by atoms with Crippen LogP contribution in [0.4, 0.5) is 0 Å². The number of hydrogen-bond acceptors (Lipinski definition) is 1. The van der Waals surface area contributed by atoms with Gasteiger partial charge in [-0.1, -0.05) is 68.6 Å². The van der Waals surface area contributed by atoms with Crippen LogP contribution in [-0.2, 0) is 0 Å². The summed E-state index contributed by atoms with van der Waals surface area (Å²) < 4.78 is 0. The van der Waals surface area contributed by atoms with E-state index in [0.717, 1.165) is 32.1 Å². The third kappa shape index (κ3) is 16.7. The molecule has 0 rings (SSSR count). The molecule has 0 radical (unpaired) electrons. The molecule has 0 fully saturated rings. The summed E-state index contributed by atoms with van der Waals surface area (Å²) in [5.74, 6) is 2.35. The average molecular weight is 288 g/mol. The second-order valence-corrected chi connectivity index (χ2v) is 5.32. The van der Waals surface area contributed by atoms with Gasteiger partial charge < -0.3 is 5.11 Å². The Bertz CT molecular complexity index is 330. The van der Waals surface area contributed by atoms with E-state index >= 15 is 0 Å². The minimum Gasteiger partial charge on any atom is -0.380 e. The Morgan fingerprint density at radius 3 is 2.10 bits per heavy atom. The van der Waals surface area contributed by atoms with Crippen LogP contribution in [0.2, 0.25) is 0 Å². The molecule has 0 saturated heterocycles. The number of rotatable bonds is 13. The molecule has 0 aromatic carbocycles. The Morgan fingerprint density at radius 1 is 0.857 bits per heavy atom. The van der Waals surface area contributed by atoms with E-state index in [1.807, 2.05) is 0 Å². The van der Waals surface area contributed by atoms with Gasteiger partial charge in [0.1, 0.15) is 6.10 Å². The van der Waals surface area contributed by atoms with E-state index in [1.165, 1.54) is 32.1 Å². The Kier molecular flexibility index (Phi) is 15.8. The SMILES string of the molecule is C#C[C@H](O)CCCCCCC/C=C/C/C=C/C/C=C/CC. The molecule has 0 aromatic heterocycles. The van der Waals surface area contributed by atoms with Gasteiger partial charge in [-0.05, 0) is 44.9 Å². The van der Waals surface area contributed by atoms with Gasteiger partial charge in [-0.15, -0.1) is 6.42 Å². The molecule has 1 heteroatoms. The molecule has 0 aliphatic carbocycles. The van der Waals surface area contributed by atoms with Crippen LogP contribution in [0.3, 0.4) is 0 Å². The summed E-state index contributed by atoms with van der Waals surface area (Å²) in [6.07, 6.45) is 29.1. The highest BCUT2D eigenvalue weighted by molar-refractivity contribution is 4.97. The normalized spacial score (nSPS) is 13.4. The van der Waals surface area contributed by atoms with Crippen LogP contribution in [0.5, 0.6) is 0 Å². The van der Waals surface area contributed by atoms with Crippen LogP contribution in [-0.4, -0.2) is 11.2 Å². The lowest BCUT2D eigenvalue weighted by Gasteiger charge is -2.02. The topological polar surface area (TPSA) is 20.2 Å². The van der Waals surface area contributed by atoms with Crippen LogP contribution in [0.15, 0.2) is 36.5 Å². The van der Waals surface area contributed by atoms with Gasteiger partial charge in [0.2, 0.25) is 0 Å². The Morgan fingerprint density at radius 2 is 1.43 bits per heavy atom. The third-order valence-electron chi connectivity index (χ3n) is 3.32. The predicted octanol–water partition coefficient (Wildman–Crippen LogP) is 5.57. The zero-order valence-electron chi connectivity index (χ0n) is 13.6. The van der Waals surface area contributed by atoms with Gasteiger partial charge in [0.25, 0.3) is 0 Å². The minimum absolute atomic E-state index is 0.543. The molecule has 0 bridgehead atoms. The maximum Gasteiger partial charge on any atom is 0.114 e. The summed E-state index contributed by atoms with van der Waals surface area (Å²) >= 11 is 0. The zero-order valence-corrected chi connectivity index (χ0v) is 13.6. The molecule has 0 unspecified atom stereocenters. The third-order valence-corrected chi connectivity index (χ3v) is 3.32. The van der Waals surface area contributed by atoms with E-state index in [9.17, 15) is 5.11 Å². The highest BCUT2D eigenvalue weighted by Crippen LogP contribution is 2.09. The Balaban J connectivity index is 3.26. The molecule has 21 heavy (non-hydrogen) atoms. The Labute approximate surface area is 131 Å². The van der Waals surface area contributed by atoms with Gasteiger partial charge in [-0.2, -0.15) is 0 Å². The van der Waals surface area contributed by atoms with Gasteiger partial charge in [0, 0.05) is 0 Å². The molecule has 0 saturated carbocycles. The largest absolute Gasteiger partial charge is 0.380 e. The minimum atomic E-state index is -0.543. The maximum absolute atomic E-state index is 9.21. The number of allylic oxidation sites excluding steroid dienone is 6. The van der Waals surface area contributed by atoms with Crippen LogP contribution in [0.25, 0.3) is 0 Å². The fourth-order valence-electron chi connectivity index (χ4n) is 2.04. The summed E-state index contributed by atoms with van der Waals surface area (Å²) in [4.78, 5) is 0. The first kappa shape index (κ1) is 19.7. The molecular weight excluding hydrogens is 256 g/mol. The lowest BCUT2D eigenvalue weighted by atomic mass is 10.1. The van der Waals surface area contributed by atoms with E-state index in [4.69, 9.17) is 6.42 Å². The van der Waals surface area contributed by atoms with Crippen LogP contribution in [0.1, 0.15) is 71.1 Å². The molecule has 1 atom stereocenters. The highest BCUT2D eigenvalue weighted by Gasteiger charge is 1.97. The van der Waals surface area contributed by atoms with Crippen molar-refractivity contribution in [1.29, 1.82) is 0 Å². The molecule has 0 spiro atoms. The van der Waals surface area contributed by atoms with E-state index in [-0.39, 0.29) is 0 Å². The summed E-state index contributed by atoms with van der Waals surface area (Å²) in [6, 6.07) is 0. The summed E-state index contributed by atoms with van der Waals surface area (Å²) in [5, 5.41) is 9.21. The van der Waals surface area contributed by atoms with Crippen molar-refractivity contribution in [2.24, 2.45) is 0 Å². The van der Waals surface area contributed by atoms with E-state index < -0.39 is 6.10 Å². The van der Waals surface area contributed by atoms with Crippen molar-refractivity contribution in [3.05, 3.63) is 36.5 Å². The van der Waals surface area contributed by atoms with Crippen molar-refractivity contribution in [3.63, 3.8) is 0 Å². The lowest BCUT2D eigenvalue weighted by molar-refractivity contribution is 0.217. The highest BCUT2D eigenvalue weighted by atomic mass is 16.3. The van der Waals surface area contributed by atoms with Gasteiger partial charge in [0.05, 0.1) is 0 Å². The summed E-state index contributed by atoms with van der Waals surface area (Å²) in [5.41, 5.74) is 0. The standard InChI is InChI=1S/C20H32O/c1-3-5-6-7-8-9-10-11-12-13-14-15-16-17-18-19-20(21)4-2/h2,5-6,8-9,11-12,20-21H,3,7,10,13-19H2,1H3/b6-5+,9-8+,12-11+/t20-/m0/s1. The van der Waals surface area contributed by atoms with Crippen LogP contribution >= 0.6 is 0 Å². The molecule has 0 aliphatic heterocycles. The van der Waals surface area contributed by atoms with Crippen molar-refractivity contribution in [3.8, 4) is 12.3 Å². The van der Waals surface area contributed by atoms with Crippen molar-refractivity contribution in [1.82, 2.24) is 0 Å². The number of terminal acetylenes is 1. The van der Waals surface area contributed by atoms with Gasteiger partial charge in [0.15, 0.2) is 0 Å². The molecular formula is C20H32O. The molecule has 0 aliphatic rings. The molecule has 1 nitrogen and oxygen atoms in total. The first-order chi connectivity index (χ1) is 10.3. The van der Waals surface area contributed by atoms with E-state index in [1.54, 1.807) is 0 Å². The second kappa shape index (κ2) is 16.8. The predicted molar refractivity (Wildman–Crippen MR) is 94.1 cm³/mol.